The van der Waals surface area contributed by atoms with Crippen molar-refractivity contribution in [2.75, 3.05) is 0 Å². The molecule has 0 saturated carbocycles. The minimum Gasteiger partial charge on any atom is -0.308 e. The van der Waals surface area contributed by atoms with Gasteiger partial charge in [-0.1, -0.05) is 139 Å². The molecule has 5 nitrogen and oxygen atoms in total. The van der Waals surface area contributed by atoms with E-state index in [1.807, 2.05) is 85.2 Å². The molecule has 0 aliphatic heterocycles. The number of aromatic nitrogens is 5. The molecule has 0 aliphatic rings. The van der Waals surface area contributed by atoms with Crippen molar-refractivity contribution in [3.05, 3.63) is 199 Å². The minimum atomic E-state index is 0.594. The number of pyridine rings is 1. The van der Waals surface area contributed by atoms with Crippen LogP contribution in [0.15, 0.2) is 188 Å². The lowest BCUT2D eigenvalue weighted by atomic mass is 9.99. The molecule has 0 radical (unpaired) electrons. The van der Waals surface area contributed by atoms with Crippen LogP contribution in [0, 0.1) is 13.8 Å². The molecule has 3 heterocycles. The highest BCUT2D eigenvalue weighted by atomic mass is 15.1. The third kappa shape index (κ3) is 6.45. The molecule has 0 saturated heterocycles. The molecule has 0 N–H and O–H groups in total. The van der Waals surface area contributed by atoms with E-state index in [0.29, 0.717) is 17.5 Å². The summed E-state index contributed by atoms with van der Waals surface area (Å²) in [5.41, 5.74) is 15.2. The molecule has 0 amide bonds. The van der Waals surface area contributed by atoms with E-state index in [2.05, 4.69) is 127 Å². The smallest absolute Gasteiger partial charge is 0.166 e. The lowest BCUT2D eigenvalue weighted by Gasteiger charge is -2.16. The van der Waals surface area contributed by atoms with Crippen LogP contribution in [0.2, 0.25) is 0 Å². The maximum Gasteiger partial charge on any atom is 0.166 e. The summed E-state index contributed by atoms with van der Waals surface area (Å²) in [5, 5.41) is 2.35. The Bertz CT molecular complexity index is 2880. The fourth-order valence-corrected chi connectivity index (χ4v) is 7.70. The van der Waals surface area contributed by atoms with Crippen LogP contribution in [0.4, 0.5) is 0 Å². The van der Waals surface area contributed by atoms with Gasteiger partial charge in [-0.15, -0.1) is 0 Å². The number of hydrogen-bond donors (Lipinski definition) is 0. The Kier molecular flexibility index (Phi) is 8.53. The SMILES string of the molecule is Cc1ccc(-c2ccc3c(c2)c2cc(-c4ccc(C)cc4)ccc2n3-c2ccc(-c3ccncc3)cc2-c2nc(-c3ccccc3)nc(-c3ccccc3)n2)cc1. The van der Waals surface area contributed by atoms with Crippen LogP contribution in [0.5, 0.6) is 0 Å². The van der Waals surface area contributed by atoms with Crippen LogP contribution in [0.3, 0.4) is 0 Å². The van der Waals surface area contributed by atoms with Crippen molar-refractivity contribution >= 4 is 21.8 Å². The maximum atomic E-state index is 5.24. The Morgan fingerprint density at radius 1 is 0.351 bits per heavy atom. The average molecular weight is 732 g/mol. The first-order chi connectivity index (χ1) is 28.1. The standard InChI is InChI=1S/C52H37N5/c1-34-13-17-36(18-14-34)41-21-24-47-44(31-41)45-32-42(37-19-15-35(2)16-20-37)22-25-48(45)57(47)49-26-23-43(38-27-29-53-30-28-38)33-46(49)52-55-50(39-9-5-3-6-10-39)54-51(56-52)40-11-7-4-8-12-40/h3-33H,1-2H3. The van der Waals surface area contributed by atoms with Gasteiger partial charge in [0.1, 0.15) is 0 Å². The second-order valence-electron chi connectivity index (χ2n) is 14.5. The van der Waals surface area contributed by atoms with Crippen LogP contribution in [0.1, 0.15) is 11.1 Å². The van der Waals surface area contributed by atoms with Crippen molar-refractivity contribution in [3.8, 4) is 73.2 Å². The summed E-state index contributed by atoms with van der Waals surface area (Å²) in [5.74, 6) is 1.83. The number of aryl methyl sites for hydroxylation is 2. The Morgan fingerprint density at radius 2 is 0.772 bits per heavy atom. The van der Waals surface area contributed by atoms with E-state index in [1.54, 1.807) is 0 Å². The van der Waals surface area contributed by atoms with Crippen LogP contribution in [-0.2, 0) is 0 Å². The van der Waals surface area contributed by atoms with Gasteiger partial charge in [0.05, 0.1) is 16.7 Å². The first-order valence-corrected chi connectivity index (χ1v) is 19.2. The summed E-state index contributed by atoms with van der Waals surface area (Å²) >= 11 is 0. The van der Waals surface area contributed by atoms with E-state index < -0.39 is 0 Å². The van der Waals surface area contributed by atoms with E-state index in [9.17, 15) is 0 Å². The van der Waals surface area contributed by atoms with Gasteiger partial charge in [-0.05, 0) is 95.8 Å². The fourth-order valence-electron chi connectivity index (χ4n) is 7.70. The third-order valence-electron chi connectivity index (χ3n) is 10.7. The molecule has 57 heavy (non-hydrogen) atoms. The molecule has 3 aromatic heterocycles. The van der Waals surface area contributed by atoms with Gasteiger partial charge in [0.25, 0.3) is 0 Å². The molecular formula is C52H37N5. The topological polar surface area (TPSA) is 56.5 Å². The van der Waals surface area contributed by atoms with Crippen molar-refractivity contribution in [3.63, 3.8) is 0 Å². The molecule has 0 atom stereocenters. The van der Waals surface area contributed by atoms with Crippen LogP contribution in [0.25, 0.3) is 95.0 Å². The normalized spacial score (nSPS) is 11.3. The number of nitrogens with zero attached hydrogens (tertiary/aromatic N) is 5. The molecule has 5 heteroatoms. The molecule has 0 spiro atoms. The first-order valence-electron chi connectivity index (χ1n) is 19.2. The Balaban J connectivity index is 1.27. The zero-order valence-corrected chi connectivity index (χ0v) is 31.6. The fraction of sp³-hybridized carbons (Fsp3) is 0.0385. The van der Waals surface area contributed by atoms with Gasteiger partial charge >= 0.3 is 0 Å². The first kappa shape index (κ1) is 34.0. The predicted octanol–water partition coefficient (Wildman–Crippen LogP) is 13.0. The van der Waals surface area contributed by atoms with Gasteiger partial charge in [0.15, 0.2) is 17.5 Å². The van der Waals surface area contributed by atoms with Crippen molar-refractivity contribution in [2.24, 2.45) is 0 Å². The van der Waals surface area contributed by atoms with Crippen LogP contribution in [-0.4, -0.2) is 24.5 Å². The molecular weight excluding hydrogens is 695 g/mol. The summed E-state index contributed by atoms with van der Waals surface area (Å²) < 4.78 is 2.38. The van der Waals surface area contributed by atoms with Gasteiger partial charge in [-0.3, -0.25) is 4.98 Å². The Labute approximate surface area is 331 Å². The Hall–Kier alpha value is -7.50. The molecule has 0 bridgehead atoms. The quantitative estimate of drug-likeness (QED) is 0.164. The molecule has 270 valence electrons. The van der Waals surface area contributed by atoms with E-state index in [1.165, 1.54) is 44.2 Å². The number of hydrogen-bond acceptors (Lipinski definition) is 4. The summed E-state index contributed by atoms with van der Waals surface area (Å²) in [6.07, 6.45) is 3.66. The molecule has 0 unspecified atom stereocenters. The van der Waals surface area contributed by atoms with Crippen LogP contribution >= 0.6 is 0 Å². The lowest BCUT2D eigenvalue weighted by Crippen LogP contribution is -2.04. The van der Waals surface area contributed by atoms with E-state index in [-0.39, 0.29) is 0 Å². The van der Waals surface area contributed by atoms with Crippen LogP contribution < -0.4 is 0 Å². The van der Waals surface area contributed by atoms with E-state index >= 15 is 0 Å². The van der Waals surface area contributed by atoms with Crippen molar-refractivity contribution < 1.29 is 0 Å². The largest absolute Gasteiger partial charge is 0.308 e. The average Bonchev–Trinajstić information content (AvgIpc) is 3.60. The minimum absolute atomic E-state index is 0.594. The van der Waals surface area contributed by atoms with Crippen molar-refractivity contribution in [1.29, 1.82) is 0 Å². The van der Waals surface area contributed by atoms with E-state index in [4.69, 9.17) is 15.0 Å². The van der Waals surface area contributed by atoms with Gasteiger partial charge in [0.2, 0.25) is 0 Å². The highest BCUT2D eigenvalue weighted by molar-refractivity contribution is 6.12. The number of benzene rings is 7. The summed E-state index contributed by atoms with van der Waals surface area (Å²) in [7, 11) is 0. The Morgan fingerprint density at radius 3 is 1.28 bits per heavy atom. The maximum absolute atomic E-state index is 5.24. The number of fused-ring (bicyclic) bond motifs is 3. The predicted molar refractivity (Wildman–Crippen MR) is 234 cm³/mol. The number of rotatable bonds is 7. The summed E-state index contributed by atoms with van der Waals surface area (Å²) in [4.78, 5) is 19.8. The zero-order valence-electron chi connectivity index (χ0n) is 31.6. The molecule has 10 rings (SSSR count). The van der Waals surface area contributed by atoms with E-state index in [0.717, 1.165) is 44.5 Å². The molecule has 10 aromatic rings. The molecule has 0 fully saturated rings. The van der Waals surface area contributed by atoms with Crippen molar-refractivity contribution in [2.45, 2.75) is 13.8 Å². The van der Waals surface area contributed by atoms with Gasteiger partial charge in [-0.25, -0.2) is 15.0 Å². The summed E-state index contributed by atoms with van der Waals surface area (Å²) in [6.45, 7) is 4.26. The third-order valence-corrected chi connectivity index (χ3v) is 10.7. The second-order valence-corrected chi connectivity index (χ2v) is 14.5. The van der Waals surface area contributed by atoms with Gasteiger partial charge in [0, 0.05) is 39.9 Å². The molecule has 0 aliphatic carbocycles. The highest BCUT2D eigenvalue weighted by Gasteiger charge is 2.21. The molecule has 7 aromatic carbocycles. The highest BCUT2D eigenvalue weighted by Crippen LogP contribution is 2.41. The summed E-state index contributed by atoms with van der Waals surface area (Å²) in [6, 6.07) is 62.2. The van der Waals surface area contributed by atoms with Crippen molar-refractivity contribution in [1.82, 2.24) is 24.5 Å². The zero-order chi connectivity index (χ0) is 38.3. The monoisotopic (exact) mass is 731 g/mol. The second kappa shape index (κ2) is 14.3. The van der Waals surface area contributed by atoms with Gasteiger partial charge < -0.3 is 4.57 Å². The lowest BCUT2D eigenvalue weighted by molar-refractivity contribution is 1.06. The van der Waals surface area contributed by atoms with Gasteiger partial charge in [-0.2, -0.15) is 0 Å².